The van der Waals surface area contributed by atoms with E-state index in [2.05, 4.69) is 10.5 Å². The summed E-state index contributed by atoms with van der Waals surface area (Å²) in [7, 11) is 1.37. The Bertz CT molecular complexity index is 1310. The number of amides is 1. The second-order valence-corrected chi connectivity index (χ2v) is 8.08. The number of hydrogen-bond donors (Lipinski definition) is 2. The number of benzene rings is 2. The molecule has 176 valence electrons. The first kappa shape index (κ1) is 22.2. The number of halogens is 3. The summed E-state index contributed by atoms with van der Waals surface area (Å²) in [6, 6.07) is 6.51. The minimum absolute atomic E-state index is 0.0260. The molecule has 1 saturated heterocycles. The quantitative estimate of drug-likeness (QED) is 0.411. The number of carbonyl (C=O) groups is 1. The average Bonchev–Trinajstić information content (AvgIpc) is 3.42. The number of morpholine rings is 1. The molecule has 34 heavy (non-hydrogen) atoms. The zero-order valence-corrected chi connectivity index (χ0v) is 18.6. The topological polar surface area (TPSA) is 97.1 Å². The monoisotopic (exact) mass is 489 g/mol. The van der Waals surface area contributed by atoms with Crippen LogP contribution in [0.4, 0.5) is 20.2 Å². The van der Waals surface area contributed by atoms with Crippen LogP contribution in [0.25, 0.3) is 22.5 Å². The third kappa shape index (κ3) is 3.74. The molecule has 3 aromatic rings. The van der Waals surface area contributed by atoms with E-state index >= 15 is 8.78 Å². The number of nitrogens with zero attached hydrogens (tertiary/aromatic N) is 2. The highest BCUT2D eigenvalue weighted by molar-refractivity contribution is 6.38. The number of carbonyl (C=O) groups excluding carboxylic acids is 1. The molecule has 2 aromatic carbocycles. The molecule has 0 spiro atoms. The number of aromatic nitrogens is 1. The summed E-state index contributed by atoms with van der Waals surface area (Å²) in [6.45, 7) is 1.98. The van der Waals surface area contributed by atoms with Crippen molar-refractivity contribution < 1.29 is 32.7 Å². The average molecular weight is 490 g/mol. The van der Waals surface area contributed by atoms with Gasteiger partial charge >= 0.3 is 0 Å². The SMILES string of the molecule is COc1cc(/C(O)=C2\C(=O)Nc3cc(Cl)c(-c4c(F)cc(N5CCOCC5)cc4F)cc32)on1. The molecule has 2 N–H and O–H groups in total. The van der Waals surface area contributed by atoms with Crippen LogP contribution in [-0.4, -0.2) is 49.6 Å². The second-order valence-electron chi connectivity index (χ2n) is 7.67. The zero-order chi connectivity index (χ0) is 24.0. The van der Waals surface area contributed by atoms with E-state index < -0.39 is 23.3 Å². The molecule has 1 amide bonds. The smallest absolute Gasteiger partial charge is 0.260 e. The van der Waals surface area contributed by atoms with Gasteiger partial charge in [0.25, 0.3) is 11.8 Å². The van der Waals surface area contributed by atoms with Crippen LogP contribution in [0.3, 0.4) is 0 Å². The molecule has 5 rings (SSSR count). The Labute approximate surface area is 197 Å². The molecule has 0 bridgehead atoms. The Balaban J connectivity index is 1.60. The van der Waals surface area contributed by atoms with Gasteiger partial charge in [-0.3, -0.25) is 4.79 Å². The van der Waals surface area contributed by atoms with Crippen molar-refractivity contribution in [1.82, 2.24) is 5.16 Å². The van der Waals surface area contributed by atoms with Crippen molar-refractivity contribution in [3.8, 4) is 17.0 Å². The lowest BCUT2D eigenvalue weighted by Gasteiger charge is -2.29. The number of nitrogens with one attached hydrogen (secondary N) is 1. The Kier molecular flexibility index (Phi) is 5.62. The maximum Gasteiger partial charge on any atom is 0.260 e. The maximum absolute atomic E-state index is 15.2. The molecular weight excluding hydrogens is 472 g/mol. The van der Waals surface area contributed by atoms with Gasteiger partial charge in [-0.05, 0) is 29.4 Å². The van der Waals surface area contributed by atoms with Crippen LogP contribution in [0.2, 0.25) is 5.02 Å². The van der Waals surface area contributed by atoms with E-state index in [4.69, 9.17) is 25.6 Å². The Morgan fingerprint density at radius 3 is 2.50 bits per heavy atom. The van der Waals surface area contributed by atoms with E-state index in [0.29, 0.717) is 32.0 Å². The second kappa shape index (κ2) is 8.62. The number of methoxy groups -OCH3 is 1. The van der Waals surface area contributed by atoms with Gasteiger partial charge in [-0.2, -0.15) is 0 Å². The van der Waals surface area contributed by atoms with Crippen molar-refractivity contribution in [3.63, 3.8) is 0 Å². The van der Waals surface area contributed by atoms with E-state index in [9.17, 15) is 9.90 Å². The van der Waals surface area contributed by atoms with Gasteiger partial charge in [0, 0.05) is 29.9 Å². The first-order valence-corrected chi connectivity index (χ1v) is 10.7. The molecular formula is C23H18ClF2N3O5. The number of anilines is 2. The summed E-state index contributed by atoms with van der Waals surface area (Å²) >= 11 is 6.35. The Hall–Kier alpha value is -3.63. The fourth-order valence-electron chi connectivity index (χ4n) is 4.03. The van der Waals surface area contributed by atoms with Crippen molar-refractivity contribution in [2.75, 3.05) is 43.6 Å². The van der Waals surface area contributed by atoms with Gasteiger partial charge in [0.05, 0.1) is 48.2 Å². The number of hydrogen-bond acceptors (Lipinski definition) is 7. The predicted octanol–water partition coefficient (Wildman–Crippen LogP) is 4.50. The molecule has 3 heterocycles. The van der Waals surface area contributed by atoms with Gasteiger partial charge in [-0.15, -0.1) is 0 Å². The van der Waals surface area contributed by atoms with Crippen LogP contribution in [0.5, 0.6) is 5.88 Å². The first-order chi connectivity index (χ1) is 16.4. The fraction of sp³-hybridized carbons (Fsp3) is 0.217. The van der Waals surface area contributed by atoms with E-state index in [1.165, 1.54) is 37.4 Å². The minimum Gasteiger partial charge on any atom is -0.504 e. The molecule has 0 aliphatic carbocycles. The van der Waals surface area contributed by atoms with Crippen LogP contribution in [0, 0.1) is 11.6 Å². The molecule has 0 saturated carbocycles. The lowest BCUT2D eigenvalue weighted by molar-refractivity contribution is -0.110. The first-order valence-electron chi connectivity index (χ1n) is 10.3. The normalized spacial score (nSPS) is 16.9. The van der Waals surface area contributed by atoms with Crippen molar-refractivity contribution in [2.45, 2.75) is 0 Å². The molecule has 0 atom stereocenters. The van der Waals surface area contributed by atoms with E-state index in [1.807, 2.05) is 4.90 Å². The summed E-state index contributed by atoms with van der Waals surface area (Å²) in [6.07, 6.45) is 0. The van der Waals surface area contributed by atoms with Crippen molar-refractivity contribution in [2.24, 2.45) is 0 Å². The van der Waals surface area contributed by atoms with E-state index in [0.717, 1.165) is 0 Å². The molecule has 8 nitrogen and oxygen atoms in total. The molecule has 1 fully saturated rings. The highest BCUT2D eigenvalue weighted by Crippen LogP contribution is 2.43. The third-order valence-corrected chi connectivity index (χ3v) is 6.00. The van der Waals surface area contributed by atoms with Gasteiger partial charge in [0.2, 0.25) is 5.76 Å². The summed E-state index contributed by atoms with van der Waals surface area (Å²) < 4.78 is 45.6. The lowest BCUT2D eigenvalue weighted by Crippen LogP contribution is -2.36. The van der Waals surface area contributed by atoms with E-state index in [1.54, 1.807) is 0 Å². The molecule has 11 heteroatoms. The van der Waals surface area contributed by atoms with Crippen LogP contribution >= 0.6 is 11.6 Å². The van der Waals surface area contributed by atoms with E-state index in [-0.39, 0.29) is 44.6 Å². The predicted molar refractivity (Wildman–Crippen MR) is 121 cm³/mol. The van der Waals surface area contributed by atoms with Gasteiger partial charge in [0.1, 0.15) is 11.6 Å². The zero-order valence-electron chi connectivity index (χ0n) is 17.8. The standard InChI is InChI=1S/C23H18ClF2N3O5/c1-32-19-10-18(34-28-19)22(30)21-13-8-12(14(24)9-17(13)27-23(21)31)20-15(25)6-11(7-16(20)26)29-2-4-33-5-3-29/h6-10,30H,2-5H2,1H3,(H,27,31)/b22-21+. The van der Waals surface area contributed by atoms with Crippen molar-refractivity contribution >= 4 is 40.2 Å². The fourth-order valence-corrected chi connectivity index (χ4v) is 4.29. The van der Waals surface area contributed by atoms with Gasteiger partial charge in [-0.1, -0.05) is 11.6 Å². The Morgan fingerprint density at radius 2 is 1.85 bits per heavy atom. The van der Waals surface area contributed by atoms with Gasteiger partial charge in [-0.25, -0.2) is 8.78 Å². The molecule has 0 radical (unpaired) electrons. The summed E-state index contributed by atoms with van der Waals surface area (Å²) in [5.41, 5.74) is 0.405. The lowest BCUT2D eigenvalue weighted by atomic mass is 9.97. The van der Waals surface area contributed by atoms with Crippen LogP contribution in [-0.2, 0) is 9.53 Å². The molecule has 2 aliphatic rings. The molecule has 0 unspecified atom stereocenters. The summed E-state index contributed by atoms with van der Waals surface area (Å²) in [5, 5.41) is 16.9. The van der Waals surface area contributed by atoms with Crippen molar-refractivity contribution in [1.29, 1.82) is 0 Å². The maximum atomic E-state index is 15.2. The highest BCUT2D eigenvalue weighted by Gasteiger charge is 2.32. The van der Waals surface area contributed by atoms with Crippen molar-refractivity contribution in [3.05, 3.63) is 58.3 Å². The van der Waals surface area contributed by atoms with Gasteiger partial charge < -0.3 is 29.3 Å². The number of aliphatic hydroxyl groups is 1. The number of ether oxygens (including phenoxy) is 2. The van der Waals surface area contributed by atoms with Crippen LogP contribution in [0.15, 0.2) is 34.9 Å². The van der Waals surface area contributed by atoms with Gasteiger partial charge in [0.15, 0.2) is 5.76 Å². The summed E-state index contributed by atoms with van der Waals surface area (Å²) in [4.78, 5) is 14.4. The number of aliphatic hydroxyl groups excluding tert-OH is 1. The number of fused-ring (bicyclic) bond motifs is 1. The largest absolute Gasteiger partial charge is 0.504 e. The minimum atomic E-state index is -0.810. The third-order valence-electron chi connectivity index (χ3n) is 5.69. The molecule has 1 aromatic heterocycles. The summed E-state index contributed by atoms with van der Waals surface area (Å²) in [5.74, 6) is -2.78. The van der Waals surface area contributed by atoms with Crippen LogP contribution < -0.4 is 15.0 Å². The van der Waals surface area contributed by atoms with Crippen LogP contribution in [0.1, 0.15) is 11.3 Å². The Morgan fingerprint density at radius 1 is 1.15 bits per heavy atom. The highest BCUT2D eigenvalue weighted by atomic mass is 35.5. The molecule has 2 aliphatic heterocycles. The number of rotatable bonds is 4.